The van der Waals surface area contributed by atoms with E-state index in [1.165, 1.54) is 0 Å². The lowest BCUT2D eigenvalue weighted by atomic mass is 10.1. The molecule has 1 amide bonds. The van der Waals surface area contributed by atoms with Crippen LogP contribution in [-0.2, 0) is 4.79 Å². The summed E-state index contributed by atoms with van der Waals surface area (Å²) in [6, 6.07) is 15.8. The Morgan fingerprint density at radius 3 is 2.72 bits per heavy atom. The minimum Gasteiger partial charge on any atom is -0.309 e. The molecule has 0 aromatic heterocycles. The van der Waals surface area contributed by atoms with E-state index in [1.54, 1.807) is 11.9 Å². The Bertz CT molecular complexity index is 930. The van der Waals surface area contributed by atoms with Crippen molar-refractivity contribution in [2.45, 2.75) is 19.4 Å². The number of azo groups is 1. The number of amidine groups is 1. The molecular formula is C19H17N5O. The summed E-state index contributed by atoms with van der Waals surface area (Å²) in [6.07, 6.45) is 0.589. The molecular weight excluding hydrogens is 314 g/mol. The number of aryl methyl sites for hydroxylation is 1. The predicted molar refractivity (Wildman–Crippen MR) is 97.2 cm³/mol. The van der Waals surface area contributed by atoms with Gasteiger partial charge < -0.3 is 4.90 Å². The van der Waals surface area contributed by atoms with Gasteiger partial charge in [0.25, 0.3) is 5.91 Å². The molecule has 6 nitrogen and oxygen atoms in total. The second-order valence-electron chi connectivity index (χ2n) is 6.20. The highest BCUT2D eigenvalue weighted by Crippen LogP contribution is 2.30. The van der Waals surface area contributed by atoms with E-state index in [9.17, 15) is 4.79 Å². The van der Waals surface area contributed by atoms with Gasteiger partial charge >= 0.3 is 0 Å². The van der Waals surface area contributed by atoms with Crippen molar-refractivity contribution < 1.29 is 4.79 Å². The van der Waals surface area contributed by atoms with Crippen LogP contribution < -0.4 is 4.90 Å². The van der Waals surface area contributed by atoms with Gasteiger partial charge in [0.2, 0.25) is 0 Å². The molecule has 0 saturated heterocycles. The molecule has 124 valence electrons. The first kappa shape index (κ1) is 15.4. The number of nitrogens with zero attached hydrogens (tertiary/aromatic N) is 5. The van der Waals surface area contributed by atoms with E-state index in [1.807, 2.05) is 55.5 Å². The average molecular weight is 331 g/mol. The quantitative estimate of drug-likeness (QED) is 0.774. The van der Waals surface area contributed by atoms with Gasteiger partial charge in [0.15, 0.2) is 11.5 Å². The number of hydrogen-bond donors (Lipinski definition) is 0. The molecule has 25 heavy (non-hydrogen) atoms. The molecule has 0 fully saturated rings. The van der Waals surface area contributed by atoms with Gasteiger partial charge in [-0.15, -0.1) is 15.3 Å². The monoisotopic (exact) mass is 331 g/mol. The highest BCUT2D eigenvalue weighted by molar-refractivity contribution is 6.54. The number of rotatable bonds is 2. The van der Waals surface area contributed by atoms with Crippen LogP contribution >= 0.6 is 0 Å². The van der Waals surface area contributed by atoms with Crippen LogP contribution in [0.4, 0.5) is 5.69 Å². The molecule has 0 spiro atoms. The smallest absolute Gasteiger partial charge is 0.279 e. The number of amides is 1. The van der Waals surface area contributed by atoms with Crippen LogP contribution in [0.5, 0.6) is 0 Å². The summed E-state index contributed by atoms with van der Waals surface area (Å²) < 4.78 is 0. The SMILES string of the molecule is Cc1ccc2c(c1)/C(=N/N=C1/C[C@H](c3ccccc3)N=N1)C(=O)N2C. The molecule has 2 aromatic carbocycles. The van der Waals surface area contributed by atoms with Crippen molar-refractivity contribution in [2.24, 2.45) is 20.4 Å². The molecule has 2 aliphatic rings. The van der Waals surface area contributed by atoms with Crippen LogP contribution in [0.25, 0.3) is 0 Å². The Kier molecular flexibility index (Phi) is 3.72. The molecule has 2 aromatic rings. The maximum Gasteiger partial charge on any atom is 0.279 e. The lowest BCUT2D eigenvalue weighted by molar-refractivity contribution is -0.111. The van der Waals surface area contributed by atoms with E-state index in [0.717, 1.165) is 22.4 Å². The van der Waals surface area contributed by atoms with Crippen molar-refractivity contribution in [1.82, 2.24) is 0 Å². The van der Waals surface area contributed by atoms with Gasteiger partial charge in [0.1, 0.15) is 6.04 Å². The van der Waals surface area contributed by atoms with Crippen LogP contribution in [0.15, 0.2) is 69.0 Å². The van der Waals surface area contributed by atoms with Crippen molar-refractivity contribution in [3.63, 3.8) is 0 Å². The minimum absolute atomic E-state index is 0.0309. The fourth-order valence-corrected chi connectivity index (χ4v) is 3.03. The standard InChI is InChI=1S/C19H17N5O/c1-12-8-9-16-14(10-12)18(19(25)24(16)2)23-22-17-11-15(20-21-17)13-6-4-3-5-7-13/h3-10,15H,11H2,1-2H3/b22-17-,23-18-/t15-/m1/s1. The number of benzene rings is 2. The Balaban J connectivity index is 1.61. The number of hydrogen-bond acceptors (Lipinski definition) is 4. The van der Waals surface area contributed by atoms with Gasteiger partial charge in [-0.1, -0.05) is 42.0 Å². The van der Waals surface area contributed by atoms with Crippen LogP contribution in [0.1, 0.15) is 29.2 Å². The zero-order valence-electron chi connectivity index (χ0n) is 14.0. The highest BCUT2D eigenvalue weighted by Gasteiger charge is 2.31. The fourth-order valence-electron chi connectivity index (χ4n) is 3.03. The van der Waals surface area contributed by atoms with Crippen molar-refractivity contribution in [1.29, 1.82) is 0 Å². The van der Waals surface area contributed by atoms with Crippen LogP contribution in [-0.4, -0.2) is 24.5 Å². The summed E-state index contributed by atoms with van der Waals surface area (Å²) in [5, 5.41) is 16.8. The second kappa shape index (κ2) is 6.05. The van der Waals surface area contributed by atoms with Crippen molar-refractivity contribution in [2.75, 3.05) is 11.9 Å². The van der Waals surface area contributed by atoms with Crippen LogP contribution in [0.2, 0.25) is 0 Å². The van der Waals surface area contributed by atoms with Gasteiger partial charge in [0.05, 0.1) is 5.69 Å². The molecule has 0 aliphatic carbocycles. The highest BCUT2D eigenvalue weighted by atomic mass is 16.2. The third-order valence-electron chi connectivity index (χ3n) is 4.41. The third-order valence-corrected chi connectivity index (χ3v) is 4.41. The molecule has 0 saturated carbocycles. The van der Waals surface area contributed by atoms with Gasteiger partial charge in [-0.2, -0.15) is 5.11 Å². The normalized spacial score (nSPS) is 22.2. The number of carbonyl (C=O) groups is 1. The third kappa shape index (κ3) is 2.76. The largest absolute Gasteiger partial charge is 0.309 e. The molecule has 0 unspecified atom stereocenters. The topological polar surface area (TPSA) is 69.7 Å². The summed E-state index contributed by atoms with van der Waals surface area (Å²) in [6.45, 7) is 1.99. The summed E-state index contributed by atoms with van der Waals surface area (Å²) in [4.78, 5) is 14.0. The molecule has 2 heterocycles. The van der Waals surface area contributed by atoms with E-state index in [-0.39, 0.29) is 11.9 Å². The maximum absolute atomic E-state index is 12.4. The first-order valence-corrected chi connectivity index (χ1v) is 8.13. The Hall–Kier alpha value is -3.15. The van der Waals surface area contributed by atoms with E-state index < -0.39 is 0 Å². The Morgan fingerprint density at radius 2 is 1.92 bits per heavy atom. The Labute approximate surface area is 145 Å². The first-order valence-electron chi connectivity index (χ1n) is 8.13. The molecule has 2 aliphatic heterocycles. The molecule has 6 heteroatoms. The predicted octanol–water partition coefficient (Wildman–Crippen LogP) is 3.67. The first-order chi connectivity index (χ1) is 12.1. The second-order valence-corrected chi connectivity index (χ2v) is 6.20. The molecule has 0 radical (unpaired) electrons. The van der Waals surface area contributed by atoms with E-state index in [0.29, 0.717) is 18.0 Å². The number of anilines is 1. The maximum atomic E-state index is 12.4. The fraction of sp³-hybridized carbons (Fsp3) is 0.211. The summed E-state index contributed by atoms with van der Waals surface area (Å²) >= 11 is 0. The lowest BCUT2D eigenvalue weighted by Crippen LogP contribution is -2.25. The zero-order valence-corrected chi connectivity index (χ0v) is 14.0. The summed E-state index contributed by atoms with van der Waals surface area (Å²) in [5.41, 5.74) is 4.19. The number of carbonyl (C=O) groups excluding carboxylic acids is 1. The van der Waals surface area contributed by atoms with Crippen LogP contribution in [0.3, 0.4) is 0 Å². The average Bonchev–Trinajstić information content (AvgIpc) is 3.19. The van der Waals surface area contributed by atoms with Gasteiger partial charge in [-0.05, 0) is 24.6 Å². The summed E-state index contributed by atoms with van der Waals surface area (Å²) in [5.74, 6) is 0.386. The van der Waals surface area contributed by atoms with Crippen LogP contribution in [0, 0.1) is 6.92 Å². The lowest BCUT2D eigenvalue weighted by Gasteiger charge is -2.08. The number of fused-ring (bicyclic) bond motifs is 1. The molecule has 1 atom stereocenters. The molecule has 0 bridgehead atoms. The Morgan fingerprint density at radius 1 is 1.12 bits per heavy atom. The van der Waals surface area contributed by atoms with Crippen molar-refractivity contribution in [3.8, 4) is 0 Å². The van der Waals surface area contributed by atoms with Crippen molar-refractivity contribution in [3.05, 3.63) is 65.2 Å². The summed E-state index contributed by atoms with van der Waals surface area (Å²) in [7, 11) is 1.74. The van der Waals surface area contributed by atoms with E-state index in [2.05, 4.69) is 20.4 Å². The van der Waals surface area contributed by atoms with E-state index in [4.69, 9.17) is 0 Å². The molecule has 0 N–H and O–H groups in total. The van der Waals surface area contributed by atoms with Gasteiger partial charge in [-0.3, -0.25) is 4.79 Å². The number of likely N-dealkylation sites (N-methyl/N-ethyl adjacent to an activating group) is 1. The van der Waals surface area contributed by atoms with Crippen molar-refractivity contribution >= 4 is 23.1 Å². The van der Waals surface area contributed by atoms with E-state index >= 15 is 0 Å². The zero-order chi connectivity index (χ0) is 17.4. The minimum atomic E-state index is -0.153. The van der Waals surface area contributed by atoms with Gasteiger partial charge in [-0.25, -0.2) is 0 Å². The molecule has 4 rings (SSSR count). The van der Waals surface area contributed by atoms with Gasteiger partial charge in [0, 0.05) is 19.0 Å².